The van der Waals surface area contributed by atoms with Gasteiger partial charge in [0, 0.05) is 61.9 Å². The Labute approximate surface area is 155 Å². The van der Waals surface area contributed by atoms with E-state index in [1.807, 2.05) is 30.5 Å². The number of hydrogen-bond acceptors (Lipinski definition) is 6. The Morgan fingerprint density at radius 2 is 1.96 bits per heavy atom. The molecule has 1 aliphatic heterocycles. The number of rotatable bonds is 2. The molecular weight excluding hydrogens is 342 g/mol. The van der Waals surface area contributed by atoms with E-state index in [1.165, 1.54) is 0 Å². The molecule has 0 aliphatic carbocycles. The average Bonchev–Trinajstić information content (AvgIpc) is 3.11. The largest absolute Gasteiger partial charge is 0.422 e. The van der Waals surface area contributed by atoms with Gasteiger partial charge in [0.25, 0.3) is 0 Å². The van der Waals surface area contributed by atoms with Crippen molar-refractivity contribution < 1.29 is 4.42 Å². The van der Waals surface area contributed by atoms with E-state index >= 15 is 0 Å². The Balaban J connectivity index is 1.55. The fraction of sp³-hybridized carbons (Fsp3) is 0.250. The van der Waals surface area contributed by atoms with Crippen molar-refractivity contribution in [2.24, 2.45) is 0 Å². The van der Waals surface area contributed by atoms with Crippen LogP contribution in [-0.4, -0.2) is 52.5 Å². The second kappa shape index (κ2) is 6.21. The minimum absolute atomic E-state index is 0.388. The molecule has 0 bridgehead atoms. The van der Waals surface area contributed by atoms with E-state index < -0.39 is 0 Å². The van der Waals surface area contributed by atoms with Gasteiger partial charge in [0.05, 0.1) is 11.3 Å². The molecule has 0 amide bonds. The predicted molar refractivity (Wildman–Crippen MR) is 104 cm³/mol. The molecule has 136 valence electrons. The molecule has 5 rings (SSSR count). The van der Waals surface area contributed by atoms with Crippen LogP contribution in [0.3, 0.4) is 0 Å². The van der Waals surface area contributed by atoms with Crippen LogP contribution in [-0.2, 0) is 0 Å². The molecule has 1 aliphatic rings. The average molecular weight is 361 g/mol. The molecule has 7 heteroatoms. The number of imidazole rings is 1. The molecule has 0 saturated carbocycles. The summed E-state index contributed by atoms with van der Waals surface area (Å²) in [6.07, 6.45) is 5.32. The number of anilines is 1. The molecule has 0 unspecified atom stereocenters. The third-order valence-corrected chi connectivity index (χ3v) is 5.10. The van der Waals surface area contributed by atoms with Gasteiger partial charge in [-0.3, -0.25) is 4.40 Å². The first-order valence-corrected chi connectivity index (χ1v) is 8.99. The van der Waals surface area contributed by atoms with Gasteiger partial charge in [-0.15, -0.1) is 0 Å². The summed E-state index contributed by atoms with van der Waals surface area (Å²) in [5, 5.41) is 0.882. The standard InChI is InChI=1S/C20H19N5O2/c1-23-7-9-24(10-8-23)15-4-3-14-11-16(19(26)27-18(14)12-15)17-13-25-6-2-5-21-20(25)22-17/h2-6,11-13H,7-10H2,1H3. The number of benzene rings is 1. The van der Waals surface area contributed by atoms with Crippen LogP contribution in [0.25, 0.3) is 28.0 Å². The van der Waals surface area contributed by atoms with Crippen LogP contribution in [0.5, 0.6) is 0 Å². The van der Waals surface area contributed by atoms with Gasteiger partial charge in [-0.25, -0.2) is 14.8 Å². The van der Waals surface area contributed by atoms with Gasteiger partial charge >= 0.3 is 5.63 Å². The lowest BCUT2D eigenvalue weighted by Crippen LogP contribution is -2.44. The highest BCUT2D eigenvalue weighted by molar-refractivity contribution is 5.84. The first-order chi connectivity index (χ1) is 13.2. The van der Waals surface area contributed by atoms with Crippen LogP contribution in [0.2, 0.25) is 0 Å². The van der Waals surface area contributed by atoms with E-state index in [0.29, 0.717) is 22.6 Å². The first-order valence-electron chi connectivity index (χ1n) is 8.99. The molecular formula is C20H19N5O2. The zero-order chi connectivity index (χ0) is 18.4. The topological polar surface area (TPSA) is 66.9 Å². The first kappa shape index (κ1) is 16.0. The van der Waals surface area contributed by atoms with E-state index in [-0.39, 0.29) is 5.63 Å². The van der Waals surface area contributed by atoms with Crippen molar-refractivity contribution in [2.75, 3.05) is 38.1 Å². The van der Waals surface area contributed by atoms with Gasteiger partial charge in [-0.2, -0.15) is 0 Å². The minimum Gasteiger partial charge on any atom is -0.422 e. The van der Waals surface area contributed by atoms with Crippen LogP contribution in [0.4, 0.5) is 5.69 Å². The fourth-order valence-electron chi connectivity index (χ4n) is 3.50. The minimum atomic E-state index is -0.388. The van der Waals surface area contributed by atoms with Crippen LogP contribution in [0.1, 0.15) is 0 Å². The van der Waals surface area contributed by atoms with Gasteiger partial charge in [-0.05, 0) is 31.3 Å². The number of fused-ring (bicyclic) bond motifs is 2. The molecule has 0 spiro atoms. The summed E-state index contributed by atoms with van der Waals surface area (Å²) in [5.41, 5.74) is 2.31. The SMILES string of the molecule is CN1CCN(c2ccc3cc(-c4cn5cccnc5n4)c(=O)oc3c2)CC1. The molecule has 7 nitrogen and oxygen atoms in total. The zero-order valence-electron chi connectivity index (χ0n) is 15.0. The second-order valence-electron chi connectivity index (χ2n) is 6.91. The van der Waals surface area contributed by atoms with Gasteiger partial charge in [-0.1, -0.05) is 0 Å². The number of nitrogens with zero attached hydrogens (tertiary/aromatic N) is 5. The summed E-state index contributed by atoms with van der Waals surface area (Å²) < 4.78 is 7.42. The number of aromatic nitrogens is 3. The lowest BCUT2D eigenvalue weighted by Gasteiger charge is -2.34. The summed E-state index contributed by atoms with van der Waals surface area (Å²) >= 11 is 0. The molecule has 1 aromatic carbocycles. The third kappa shape index (κ3) is 2.86. The zero-order valence-corrected chi connectivity index (χ0v) is 15.0. The van der Waals surface area contributed by atoms with Crippen LogP contribution in [0.15, 0.2) is 58.1 Å². The molecule has 27 heavy (non-hydrogen) atoms. The van der Waals surface area contributed by atoms with Crippen LogP contribution >= 0.6 is 0 Å². The van der Waals surface area contributed by atoms with Gasteiger partial charge in [0.1, 0.15) is 5.58 Å². The van der Waals surface area contributed by atoms with E-state index in [4.69, 9.17) is 4.42 Å². The van der Waals surface area contributed by atoms with Gasteiger partial charge in [0.15, 0.2) is 0 Å². The Morgan fingerprint density at radius 1 is 1.11 bits per heavy atom. The highest BCUT2D eigenvalue weighted by Crippen LogP contribution is 2.25. The Hall–Kier alpha value is -3.19. The van der Waals surface area contributed by atoms with Crippen molar-refractivity contribution in [1.29, 1.82) is 0 Å². The Bertz CT molecular complexity index is 1150. The van der Waals surface area contributed by atoms with E-state index in [0.717, 1.165) is 37.3 Å². The quantitative estimate of drug-likeness (QED) is 0.510. The monoisotopic (exact) mass is 361 g/mol. The van der Waals surface area contributed by atoms with Crippen molar-refractivity contribution in [3.05, 3.63) is 59.3 Å². The van der Waals surface area contributed by atoms with Gasteiger partial charge in [0.2, 0.25) is 5.78 Å². The molecule has 3 aromatic heterocycles. The van der Waals surface area contributed by atoms with Crippen LogP contribution in [0, 0.1) is 0 Å². The maximum Gasteiger partial charge on any atom is 0.345 e. The van der Waals surface area contributed by atoms with Crippen molar-refractivity contribution in [3.8, 4) is 11.3 Å². The molecule has 0 N–H and O–H groups in total. The molecule has 4 aromatic rings. The van der Waals surface area contributed by atoms with Crippen molar-refractivity contribution in [3.63, 3.8) is 0 Å². The van der Waals surface area contributed by atoms with E-state index in [2.05, 4.69) is 32.9 Å². The lowest BCUT2D eigenvalue weighted by molar-refractivity contribution is 0.313. The normalized spacial score (nSPS) is 15.7. The van der Waals surface area contributed by atoms with Crippen molar-refractivity contribution in [1.82, 2.24) is 19.3 Å². The molecule has 0 atom stereocenters. The van der Waals surface area contributed by atoms with Crippen molar-refractivity contribution >= 4 is 22.4 Å². The summed E-state index contributed by atoms with van der Waals surface area (Å²) in [4.78, 5) is 25.8. The van der Waals surface area contributed by atoms with Gasteiger partial charge < -0.3 is 14.2 Å². The Morgan fingerprint density at radius 3 is 2.78 bits per heavy atom. The molecule has 0 radical (unpaired) electrons. The van der Waals surface area contributed by atoms with E-state index in [9.17, 15) is 4.79 Å². The number of piperazine rings is 1. The lowest BCUT2D eigenvalue weighted by atomic mass is 10.1. The smallest absolute Gasteiger partial charge is 0.345 e. The maximum atomic E-state index is 12.6. The highest BCUT2D eigenvalue weighted by atomic mass is 16.4. The Kier molecular flexibility index (Phi) is 3.68. The number of likely N-dealkylation sites (N-methyl/N-ethyl adjacent to an activating group) is 1. The summed E-state index contributed by atoms with van der Waals surface area (Å²) in [5.74, 6) is 0.553. The predicted octanol–water partition coefficient (Wildman–Crippen LogP) is 2.25. The van der Waals surface area contributed by atoms with Crippen molar-refractivity contribution in [2.45, 2.75) is 0 Å². The van der Waals surface area contributed by atoms with E-state index in [1.54, 1.807) is 16.8 Å². The highest BCUT2D eigenvalue weighted by Gasteiger charge is 2.16. The second-order valence-corrected chi connectivity index (χ2v) is 6.91. The summed E-state index contributed by atoms with van der Waals surface area (Å²) in [6.45, 7) is 4.00. The fourth-order valence-corrected chi connectivity index (χ4v) is 3.50. The maximum absolute atomic E-state index is 12.6. The summed E-state index contributed by atoms with van der Waals surface area (Å²) in [7, 11) is 2.13. The summed E-state index contributed by atoms with van der Waals surface area (Å²) in [6, 6.07) is 9.71. The number of hydrogen-bond donors (Lipinski definition) is 0. The molecule has 4 heterocycles. The molecule has 1 fully saturated rings. The molecule has 1 saturated heterocycles. The van der Waals surface area contributed by atoms with Crippen LogP contribution < -0.4 is 10.5 Å². The third-order valence-electron chi connectivity index (χ3n) is 5.10.